The van der Waals surface area contributed by atoms with Gasteiger partial charge in [-0.05, 0) is 25.0 Å². The lowest BCUT2D eigenvalue weighted by atomic mass is 10.1. The molecule has 2 aromatic rings. The molecule has 0 radical (unpaired) electrons. The van der Waals surface area contributed by atoms with Gasteiger partial charge < -0.3 is 15.4 Å². The van der Waals surface area contributed by atoms with Crippen LogP contribution in [0.2, 0.25) is 0 Å². The molecule has 28 heavy (non-hydrogen) atoms. The fourth-order valence-electron chi connectivity index (χ4n) is 3.38. The van der Waals surface area contributed by atoms with E-state index in [1.807, 2.05) is 47.4 Å². The highest BCUT2D eigenvalue weighted by molar-refractivity contribution is 14.0. The molecule has 0 atom stereocenters. The van der Waals surface area contributed by atoms with Gasteiger partial charge in [-0.3, -0.25) is 4.99 Å². The minimum Gasteiger partial charge on any atom is -0.376 e. The summed E-state index contributed by atoms with van der Waals surface area (Å²) in [4.78, 5) is 4.28. The second kappa shape index (κ2) is 12.8. The van der Waals surface area contributed by atoms with Gasteiger partial charge in [-0.15, -0.1) is 24.0 Å². The molecule has 1 fully saturated rings. The number of rotatable bonds is 7. The largest absolute Gasteiger partial charge is 0.376 e. The second-order valence-corrected chi connectivity index (χ2v) is 6.97. The molecule has 0 unspecified atom stereocenters. The first-order valence-corrected chi connectivity index (χ1v) is 10.0. The Bertz CT molecular complexity index is 696. The molecule has 7 heteroatoms. The van der Waals surface area contributed by atoms with Crippen LogP contribution in [0.25, 0.3) is 5.69 Å². The summed E-state index contributed by atoms with van der Waals surface area (Å²) in [7, 11) is 1.79. The van der Waals surface area contributed by atoms with E-state index in [4.69, 9.17) is 4.74 Å². The maximum absolute atomic E-state index is 6.01. The molecule has 0 spiro atoms. The van der Waals surface area contributed by atoms with E-state index >= 15 is 0 Å². The molecule has 0 aliphatic heterocycles. The first kappa shape index (κ1) is 22.7. The zero-order chi connectivity index (χ0) is 18.7. The van der Waals surface area contributed by atoms with E-state index in [9.17, 15) is 0 Å². The van der Waals surface area contributed by atoms with Gasteiger partial charge in [-0.1, -0.05) is 43.9 Å². The minimum atomic E-state index is 0. The molecule has 0 bridgehead atoms. The van der Waals surface area contributed by atoms with Crippen LogP contribution in [0, 0.1) is 0 Å². The summed E-state index contributed by atoms with van der Waals surface area (Å²) in [5, 5.41) is 11.1. The Morgan fingerprint density at radius 1 is 1.14 bits per heavy atom. The van der Waals surface area contributed by atoms with E-state index in [-0.39, 0.29) is 24.0 Å². The van der Waals surface area contributed by atoms with E-state index in [2.05, 4.69) is 20.7 Å². The zero-order valence-corrected chi connectivity index (χ0v) is 19.0. The lowest BCUT2D eigenvalue weighted by Crippen LogP contribution is -2.38. The molecule has 3 rings (SSSR count). The van der Waals surface area contributed by atoms with Gasteiger partial charge in [0.05, 0.1) is 24.6 Å². The first-order valence-electron chi connectivity index (χ1n) is 10.0. The smallest absolute Gasteiger partial charge is 0.191 e. The number of nitrogens with one attached hydrogen (secondary N) is 2. The van der Waals surface area contributed by atoms with E-state index < -0.39 is 0 Å². The average molecular weight is 497 g/mol. The van der Waals surface area contributed by atoms with Crippen molar-refractivity contribution in [3.63, 3.8) is 0 Å². The number of aliphatic imine (C=N–C) groups is 1. The molecule has 1 aliphatic carbocycles. The highest BCUT2D eigenvalue weighted by Crippen LogP contribution is 2.19. The van der Waals surface area contributed by atoms with Crippen molar-refractivity contribution in [3.8, 4) is 5.69 Å². The van der Waals surface area contributed by atoms with Crippen molar-refractivity contribution in [2.45, 2.75) is 51.2 Å². The zero-order valence-electron chi connectivity index (χ0n) is 16.6. The number of halogens is 1. The predicted octanol–water partition coefficient (Wildman–Crippen LogP) is 3.89. The topological polar surface area (TPSA) is 63.5 Å². The lowest BCUT2D eigenvalue weighted by molar-refractivity contribution is 0.0468. The molecule has 2 N–H and O–H groups in total. The third-order valence-electron chi connectivity index (χ3n) is 4.89. The van der Waals surface area contributed by atoms with Crippen LogP contribution in [0.5, 0.6) is 0 Å². The van der Waals surface area contributed by atoms with E-state index in [1.165, 1.54) is 38.5 Å². The van der Waals surface area contributed by atoms with E-state index in [0.29, 0.717) is 12.6 Å². The van der Waals surface area contributed by atoms with Gasteiger partial charge in [0.25, 0.3) is 0 Å². The summed E-state index contributed by atoms with van der Waals surface area (Å²) >= 11 is 0. The number of ether oxygens (including phenoxy) is 1. The summed E-state index contributed by atoms with van der Waals surface area (Å²) in [5.74, 6) is 0.784. The Morgan fingerprint density at radius 3 is 2.61 bits per heavy atom. The van der Waals surface area contributed by atoms with Gasteiger partial charge in [0, 0.05) is 31.9 Å². The molecule has 1 aromatic heterocycles. The number of benzene rings is 1. The predicted molar refractivity (Wildman–Crippen MR) is 125 cm³/mol. The molecule has 0 saturated heterocycles. The van der Waals surface area contributed by atoms with Gasteiger partial charge in [0.1, 0.15) is 0 Å². The van der Waals surface area contributed by atoms with E-state index in [0.717, 1.165) is 30.4 Å². The fraction of sp³-hybridized carbons (Fsp3) is 0.524. The maximum atomic E-state index is 6.01. The Hall–Kier alpha value is -1.61. The van der Waals surface area contributed by atoms with Crippen molar-refractivity contribution in [2.24, 2.45) is 4.99 Å². The quantitative estimate of drug-likeness (QED) is 0.200. The van der Waals surface area contributed by atoms with Gasteiger partial charge in [0.2, 0.25) is 0 Å². The summed E-state index contributed by atoms with van der Waals surface area (Å²) in [6.07, 6.45) is 12.1. The van der Waals surface area contributed by atoms with Gasteiger partial charge in [-0.25, -0.2) is 4.68 Å². The van der Waals surface area contributed by atoms with Crippen LogP contribution < -0.4 is 10.6 Å². The summed E-state index contributed by atoms with van der Waals surface area (Å²) in [5.41, 5.74) is 2.17. The van der Waals surface area contributed by atoms with E-state index in [1.54, 1.807) is 7.05 Å². The average Bonchev–Trinajstić information content (AvgIpc) is 3.04. The fourth-order valence-corrected chi connectivity index (χ4v) is 3.38. The summed E-state index contributed by atoms with van der Waals surface area (Å²) < 4.78 is 7.90. The van der Waals surface area contributed by atoms with Gasteiger partial charge in [0.15, 0.2) is 5.96 Å². The number of aromatic nitrogens is 2. The summed E-state index contributed by atoms with van der Waals surface area (Å²) in [6, 6.07) is 10.1. The Balaban J connectivity index is 0.00000280. The SMILES string of the molecule is CN=C(NCCOC1CCCCCC1)NCc1cnn(-c2ccccc2)c1.I. The molecule has 1 saturated carbocycles. The number of para-hydroxylation sites is 1. The molecule has 154 valence electrons. The maximum Gasteiger partial charge on any atom is 0.191 e. The van der Waals surface area contributed by atoms with Crippen LogP contribution in [-0.2, 0) is 11.3 Å². The van der Waals surface area contributed by atoms with Crippen LogP contribution in [0.1, 0.15) is 44.1 Å². The van der Waals surface area contributed by atoms with Crippen molar-refractivity contribution in [1.82, 2.24) is 20.4 Å². The molecule has 1 heterocycles. The normalized spacial score (nSPS) is 15.5. The van der Waals surface area contributed by atoms with Crippen molar-refractivity contribution in [1.29, 1.82) is 0 Å². The van der Waals surface area contributed by atoms with Crippen LogP contribution in [-0.4, -0.2) is 42.0 Å². The minimum absolute atomic E-state index is 0. The number of hydrogen-bond donors (Lipinski definition) is 2. The van der Waals surface area contributed by atoms with Crippen molar-refractivity contribution in [2.75, 3.05) is 20.2 Å². The lowest BCUT2D eigenvalue weighted by Gasteiger charge is -2.16. The van der Waals surface area contributed by atoms with Crippen molar-refractivity contribution < 1.29 is 4.74 Å². The third kappa shape index (κ3) is 7.43. The highest BCUT2D eigenvalue weighted by atomic mass is 127. The molecule has 1 aromatic carbocycles. The Morgan fingerprint density at radius 2 is 1.89 bits per heavy atom. The van der Waals surface area contributed by atoms with Crippen LogP contribution in [0.4, 0.5) is 0 Å². The van der Waals surface area contributed by atoms with Crippen LogP contribution >= 0.6 is 24.0 Å². The molecule has 0 amide bonds. The standard InChI is InChI=1S/C21H31N5O.HI/c1-22-21(23-13-14-27-20-11-7-2-3-8-12-20)24-15-18-16-25-26(17-18)19-9-5-4-6-10-19;/h4-6,9-10,16-17,20H,2-3,7-8,11-15H2,1H3,(H2,22,23,24);1H. The highest BCUT2D eigenvalue weighted by Gasteiger charge is 2.12. The van der Waals surface area contributed by atoms with Gasteiger partial charge in [-0.2, -0.15) is 5.10 Å². The number of hydrogen-bond acceptors (Lipinski definition) is 3. The summed E-state index contributed by atoms with van der Waals surface area (Å²) in [6.45, 7) is 2.16. The molecular formula is C21H32IN5O. The van der Waals surface area contributed by atoms with Crippen molar-refractivity contribution in [3.05, 3.63) is 48.3 Å². The monoisotopic (exact) mass is 497 g/mol. The first-order chi connectivity index (χ1) is 13.3. The van der Waals surface area contributed by atoms with Crippen molar-refractivity contribution >= 4 is 29.9 Å². The molecule has 6 nitrogen and oxygen atoms in total. The molecular weight excluding hydrogens is 465 g/mol. The Labute approximate surface area is 185 Å². The number of nitrogens with zero attached hydrogens (tertiary/aromatic N) is 3. The number of guanidine groups is 1. The van der Waals surface area contributed by atoms with Crippen LogP contribution in [0.3, 0.4) is 0 Å². The Kier molecular flexibility index (Phi) is 10.3. The second-order valence-electron chi connectivity index (χ2n) is 6.97. The molecule has 1 aliphatic rings. The third-order valence-corrected chi connectivity index (χ3v) is 4.89. The van der Waals surface area contributed by atoms with Crippen LogP contribution in [0.15, 0.2) is 47.7 Å². The van der Waals surface area contributed by atoms with Gasteiger partial charge >= 0.3 is 0 Å².